The van der Waals surface area contributed by atoms with E-state index in [1.807, 2.05) is 0 Å². The van der Waals surface area contributed by atoms with Gasteiger partial charge >= 0.3 is 0 Å². The Hall–Kier alpha value is -3.04. The number of nitrogens with zero attached hydrogens (tertiary/aromatic N) is 4. The third-order valence-corrected chi connectivity index (χ3v) is 5.46. The highest BCUT2D eigenvalue weighted by Gasteiger charge is 2.16. The topological polar surface area (TPSA) is 89.2 Å². The lowest BCUT2D eigenvalue weighted by Crippen LogP contribution is -2.13. The van der Waals surface area contributed by atoms with Crippen molar-refractivity contribution in [1.82, 2.24) is 19.8 Å². The molecular weight excluding hydrogens is 393 g/mol. The van der Waals surface area contributed by atoms with Gasteiger partial charge in [-0.1, -0.05) is 23.7 Å². The Morgan fingerprint density at radius 1 is 1.04 bits per heavy atom. The van der Waals surface area contributed by atoms with Crippen LogP contribution >= 0.6 is 11.6 Å². The zero-order valence-electron chi connectivity index (χ0n) is 13.5. The van der Waals surface area contributed by atoms with Crippen molar-refractivity contribution < 1.29 is 12.8 Å². The molecule has 0 unspecified atom stereocenters. The van der Waals surface area contributed by atoms with Gasteiger partial charge in [0.25, 0.3) is 10.0 Å². The van der Waals surface area contributed by atoms with Crippen LogP contribution in [0.3, 0.4) is 0 Å². The number of halogens is 2. The summed E-state index contributed by atoms with van der Waals surface area (Å²) in [6, 6.07) is 13.5. The van der Waals surface area contributed by atoms with Crippen LogP contribution in [0.1, 0.15) is 0 Å². The minimum atomic E-state index is -3.89. The lowest BCUT2D eigenvalue weighted by atomic mass is 10.1. The number of benzene rings is 2. The molecule has 4 rings (SSSR count). The van der Waals surface area contributed by atoms with Gasteiger partial charge in [0.1, 0.15) is 12.1 Å². The van der Waals surface area contributed by atoms with E-state index >= 15 is 0 Å². The summed E-state index contributed by atoms with van der Waals surface area (Å²) in [7, 11) is -3.89. The first-order valence-corrected chi connectivity index (χ1v) is 9.54. The molecule has 0 aliphatic heterocycles. The molecule has 0 fully saturated rings. The molecule has 7 nitrogen and oxygen atoms in total. The third-order valence-electron chi connectivity index (χ3n) is 3.80. The van der Waals surface area contributed by atoms with E-state index in [2.05, 4.69) is 20.0 Å². The molecule has 2 aromatic carbocycles. The summed E-state index contributed by atoms with van der Waals surface area (Å²) in [5.41, 5.74) is 2.45. The molecule has 0 aliphatic carbocycles. The van der Waals surface area contributed by atoms with Crippen molar-refractivity contribution in [2.75, 3.05) is 4.72 Å². The number of sulfonamides is 1. The van der Waals surface area contributed by atoms with E-state index in [1.54, 1.807) is 40.9 Å². The second-order valence-corrected chi connectivity index (χ2v) is 7.70. The highest BCUT2D eigenvalue weighted by molar-refractivity contribution is 7.92. The Kier molecular flexibility index (Phi) is 4.25. The predicted octanol–water partition coefficient (Wildman–Crippen LogP) is 3.38. The number of hydrogen-bond donors (Lipinski definition) is 1. The lowest BCUT2D eigenvalue weighted by molar-refractivity contribution is 0.599. The summed E-state index contributed by atoms with van der Waals surface area (Å²) in [5, 5.41) is 11.8. The summed E-state index contributed by atoms with van der Waals surface area (Å²) in [6.45, 7) is 0. The van der Waals surface area contributed by atoms with Gasteiger partial charge in [0.05, 0.1) is 15.6 Å². The smallest absolute Gasteiger partial charge is 0.261 e. The largest absolute Gasteiger partial charge is 0.280 e. The highest BCUT2D eigenvalue weighted by Crippen LogP contribution is 2.24. The van der Waals surface area contributed by atoms with Gasteiger partial charge in [-0.2, -0.15) is 9.61 Å². The maximum atomic E-state index is 13.2. The molecule has 2 aromatic heterocycles. The van der Waals surface area contributed by atoms with Crippen molar-refractivity contribution in [3.63, 3.8) is 0 Å². The van der Waals surface area contributed by atoms with E-state index in [9.17, 15) is 12.8 Å². The van der Waals surface area contributed by atoms with Gasteiger partial charge in [0, 0.05) is 11.3 Å². The van der Waals surface area contributed by atoms with Crippen molar-refractivity contribution in [3.8, 4) is 11.3 Å². The van der Waals surface area contributed by atoms with Crippen LogP contribution in [0.2, 0.25) is 5.02 Å². The quantitative estimate of drug-likeness (QED) is 0.564. The predicted molar refractivity (Wildman–Crippen MR) is 98.4 cm³/mol. The Labute approximate surface area is 158 Å². The van der Waals surface area contributed by atoms with E-state index in [-0.39, 0.29) is 9.92 Å². The van der Waals surface area contributed by atoms with Crippen LogP contribution in [-0.2, 0) is 10.0 Å². The zero-order chi connectivity index (χ0) is 19.0. The van der Waals surface area contributed by atoms with Gasteiger partial charge < -0.3 is 0 Å². The first-order chi connectivity index (χ1) is 12.9. The van der Waals surface area contributed by atoms with Crippen LogP contribution in [0.25, 0.3) is 16.9 Å². The minimum absolute atomic E-state index is 0.127. The fraction of sp³-hybridized carbons (Fsp3) is 0. The molecule has 10 heteroatoms. The van der Waals surface area contributed by atoms with E-state index in [1.165, 1.54) is 6.33 Å². The van der Waals surface area contributed by atoms with Crippen LogP contribution in [0.5, 0.6) is 0 Å². The summed E-state index contributed by atoms with van der Waals surface area (Å²) >= 11 is 5.66. The molecule has 0 spiro atoms. The van der Waals surface area contributed by atoms with E-state index < -0.39 is 15.8 Å². The van der Waals surface area contributed by atoms with Gasteiger partial charge in [0.2, 0.25) is 0 Å². The number of fused-ring (bicyclic) bond motifs is 1. The molecule has 0 atom stereocenters. The molecule has 0 saturated carbocycles. The average Bonchev–Trinajstić information content (AvgIpc) is 3.12. The first kappa shape index (κ1) is 17.4. The molecule has 2 heterocycles. The maximum Gasteiger partial charge on any atom is 0.261 e. The highest BCUT2D eigenvalue weighted by atomic mass is 35.5. The zero-order valence-corrected chi connectivity index (χ0v) is 15.1. The summed E-state index contributed by atoms with van der Waals surface area (Å²) in [5.74, 6) is -0.683. The van der Waals surface area contributed by atoms with E-state index in [0.29, 0.717) is 17.0 Å². The third kappa shape index (κ3) is 3.46. The Bertz CT molecular complexity index is 1240. The summed E-state index contributed by atoms with van der Waals surface area (Å²) in [6.07, 6.45) is 1.50. The Morgan fingerprint density at radius 3 is 2.56 bits per heavy atom. The summed E-state index contributed by atoms with van der Waals surface area (Å²) < 4.78 is 42.0. The van der Waals surface area contributed by atoms with Crippen molar-refractivity contribution in [3.05, 3.63) is 71.8 Å². The molecule has 0 saturated heterocycles. The van der Waals surface area contributed by atoms with Gasteiger partial charge in [-0.25, -0.2) is 12.8 Å². The van der Waals surface area contributed by atoms with Gasteiger partial charge in [-0.15, -0.1) is 10.2 Å². The number of nitrogens with one attached hydrogen (secondary N) is 1. The molecule has 27 heavy (non-hydrogen) atoms. The second kappa shape index (κ2) is 6.60. The number of rotatable bonds is 4. The van der Waals surface area contributed by atoms with Crippen LogP contribution in [0.15, 0.2) is 65.8 Å². The van der Waals surface area contributed by atoms with E-state index in [4.69, 9.17) is 11.6 Å². The van der Waals surface area contributed by atoms with E-state index in [0.717, 1.165) is 23.8 Å². The Balaban J connectivity index is 1.59. The SMILES string of the molecule is O=S(=O)(Nc1ccc(-c2ccc3nncn3n2)cc1)c1ccc(F)c(Cl)c1. The normalized spacial score (nSPS) is 11.6. The Morgan fingerprint density at radius 2 is 1.81 bits per heavy atom. The van der Waals surface area contributed by atoms with Crippen LogP contribution < -0.4 is 4.72 Å². The molecule has 0 aliphatic rings. The van der Waals surface area contributed by atoms with Crippen molar-refractivity contribution in [1.29, 1.82) is 0 Å². The maximum absolute atomic E-state index is 13.2. The second-order valence-electron chi connectivity index (χ2n) is 5.61. The molecular formula is C17H11ClFN5O2S. The molecule has 0 amide bonds. The molecule has 4 aromatic rings. The number of aromatic nitrogens is 4. The molecule has 136 valence electrons. The van der Waals surface area contributed by atoms with Crippen LogP contribution in [0, 0.1) is 5.82 Å². The number of anilines is 1. The molecule has 0 bridgehead atoms. The molecule has 0 radical (unpaired) electrons. The minimum Gasteiger partial charge on any atom is -0.280 e. The standard InChI is InChI=1S/C17H11ClFN5O2S/c18-14-9-13(5-6-15(14)19)27(25,26)23-12-3-1-11(2-4-12)16-7-8-17-21-20-10-24(17)22-16/h1-10,23H. The van der Waals surface area contributed by atoms with Gasteiger partial charge in [-0.05, 0) is 42.5 Å². The average molecular weight is 404 g/mol. The van der Waals surface area contributed by atoms with Crippen molar-refractivity contribution >= 4 is 33.0 Å². The van der Waals surface area contributed by atoms with Crippen LogP contribution in [-0.4, -0.2) is 28.2 Å². The van der Waals surface area contributed by atoms with Crippen molar-refractivity contribution in [2.24, 2.45) is 0 Å². The monoisotopic (exact) mass is 403 g/mol. The fourth-order valence-corrected chi connectivity index (χ4v) is 3.78. The van der Waals surface area contributed by atoms with Gasteiger partial charge in [0.15, 0.2) is 5.65 Å². The fourth-order valence-electron chi connectivity index (χ4n) is 2.45. The van der Waals surface area contributed by atoms with Crippen molar-refractivity contribution in [2.45, 2.75) is 4.90 Å². The molecule has 1 N–H and O–H groups in total. The van der Waals surface area contributed by atoms with Crippen LogP contribution in [0.4, 0.5) is 10.1 Å². The lowest BCUT2D eigenvalue weighted by Gasteiger charge is -2.09. The number of hydrogen-bond acceptors (Lipinski definition) is 5. The van der Waals surface area contributed by atoms with Gasteiger partial charge in [-0.3, -0.25) is 4.72 Å². The first-order valence-electron chi connectivity index (χ1n) is 7.68. The summed E-state index contributed by atoms with van der Waals surface area (Å²) in [4.78, 5) is -0.127.